The summed E-state index contributed by atoms with van der Waals surface area (Å²) >= 11 is 5.89. The Balaban J connectivity index is 1.55. The largest absolute Gasteiger partial charge is 0.439 e. The number of halogens is 1. The quantitative estimate of drug-likeness (QED) is 0.876. The predicted octanol–water partition coefficient (Wildman–Crippen LogP) is 2.51. The van der Waals surface area contributed by atoms with Crippen molar-refractivity contribution in [3.8, 4) is 11.3 Å². The maximum atomic E-state index is 11.3. The van der Waals surface area contributed by atoms with Gasteiger partial charge in [0.05, 0.1) is 19.0 Å². The van der Waals surface area contributed by atoms with E-state index in [2.05, 4.69) is 14.6 Å². The van der Waals surface area contributed by atoms with E-state index in [9.17, 15) is 8.42 Å². The number of hydrogen-bond donors (Lipinski definition) is 1. The Hall–Kier alpha value is -1.41. The summed E-state index contributed by atoms with van der Waals surface area (Å²) in [6.07, 6.45) is 4.50. The average molecular weight is 370 g/mol. The first-order valence-corrected chi connectivity index (χ1v) is 10.1. The monoisotopic (exact) mass is 369 g/mol. The zero-order chi connectivity index (χ0) is 17.2. The van der Waals surface area contributed by atoms with Crippen molar-refractivity contribution in [3.63, 3.8) is 0 Å². The minimum atomic E-state index is -3.14. The van der Waals surface area contributed by atoms with Crippen molar-refractivity contribution >= 4 is 21.6 Å². The number of hydrogen-bond acceptors (Lipinski definition) is 5. The highest BCUT2D eigenvalue weighted by molar-refractivity contribution is 7.88. The topological polar surface area (TPSA) is 75.4 Å². The van der Waals surface area contributed by atoms with Gasteiger partial charge in [0, 0.05) is 29.7 Å². The first kappa shape index (κ1) is 17.4. The minimum absolute atomic E-state index is 0.0189. The molecule has 2 heterocycles. The molecule has 0 aliphatic carbocycles. The second kappa shape index (κ2) is 7.23. The Morgan fingerprint density at radius 3 is 2.58 bits per heavy atom. The van der Waals surface area contributed by atoms with Gasteiger partial charge in [0.25, 0.3) is 0 Å². The molecule has 1 fully saturated rings. The zero-order valence-electron chi connectivity index (χ0n) is 13.4. The minimum Gasteiger partial charge on any atom is -0.439 e. The molecule has 1 aliphatic heterocycles. The maximum absolute atomic E-state index is 11.3. The van der Waals surface area contributed by atoms with Gasteiger partial charge in [0.2, 0.25) is 15.9 Å². The van der Waals surface area contributed by atoms with Crippen LogP contribution in [0.5, 0.6) is 0 Å². The second-order valence-corrected chi connectivity index (χ2v) is 8.28. The van der Waals surface area contributed by atoms with Crippen LogP contribution in [0.1, 0.15) is 18.7 Å². The molecule has 1 aromatic heterocycles. The molecule has 3 rings (SSSR count). The summed E-state index contributed by atoms with van der Waals surface area (Å²) in [6.45, 7) is 2.25. The van der Waals surface area contributed by atoms with E-state index in [0.29, 0.717) is 17.5 Å². The summed E-state index contributed by atoms with van der Waals surface area (Å²) in [7, 11) is -3.14. The summed E-state index contributed by atoms with van der Waals surface area (Å²) in [5.74, 6) is 1.38. The Kier molecular flexibility index (Phi) is 5.24. The predicted molar refractivity (Wildman–Crippen MR) is 93.2 cm³/mol. The van der Waals surface area contributed by atoms with Gasteiger partial charge in [0.15, 0.2) is 5.76 Å². The molecular formula is C16H20ClN3O3S. The van der Waals surface area contributed by atoms with E-state index in [1.165, 1.54) is 6.26 Å². The van der Waals surface area contributed by atoms with E-state index >= 15 is 0 Å². The van der Waals surface area contributed by atoms with Gasteiger partial charge in [0.1, 0.15) is 0 Å². The number of likely N-dealkylation sites (tertiary alicyclic amines) is 1. The van der Waals surface area contributed by atoms with Crippen molar-refractivity contribution in [1.82, 2.24) is 14.6 Å². The van der Waals surface area contributed by atoms with E-state index in [4.69, 9.17) is 16.0 Å². The SMILES string of the molecule is CS(=O)(=O)NC1CCN(Cc2ncc(-c3ccc(Cl)cc3)o2)CC1. The molecular weight excluding hydrogens is 350 g/mol. The van der Waals surface area contributed by atoms with Gasteiger partial charge in [-0.3, -0.25) is 4.90 Å². The second-order valence-electron chi connectivity index (χ2n) is 6.07. The fraction of sp³-hybridized carbons (Fsp3) is 0.438. The van der Waals surface area contributed by atoms with Crippen LogP contribution in [0.15, 0.2) is 34.9 Å². The molecule has 0 bridgehead atoms. The number of sulfonamides is 1. The van der Waals surface area contributed by atoms with Crippen LogP contribution >= 0.6 is 11.6 Å². The van der Waals surface area contributed by atoms with Crippen LogP contribution in [0.4, 0.5) is 0 Å². The Morgan fingerprint density at radius 1 is 1.29 bits per heavy atom. The van der Waals surface area contributed by atoms with Crippen LogP contribution < -0.4 is 4.72 Å². The number of benzene rings is 1. The normalized spacial score (nSPS) is 17.2. The number of oxazole rings is 1. The van der Waals surface area contributed by atoms with Crippen LogP contribution in [-0.2, 0) is 16.6 Å². The lowest BCUT2D eigenvalue weighted by Crippen LogP contribution is -2.43. The van der Waals surface area contributed by atoms with E-state index < -0.39 is 10.0 Å². The maximum Gasteiger partial charge on any atom is 0.209 e. The molecule has 0 unspecified atom stereocenters. The van der Waals surface area contributed by atoms with Crippen LogP contribution in [0.25, 0.3) is 11.3 Å². The van der Waals surface area contributed by atoms with Crippen molar-refractivity contribution in [2.45, 2.75) is 25.4 Å². The molecule has 2 aromatic rings. The number of rotatable bonds is 5. The highest BCUT2D eigenvalue weighted by atomic mass is 35.5. The smallest absolute Gasteiger partial charge is 0.209 e. The first-order valence-electron chi connectivity index (χ1n) is 7.79. The summed E-state index contributed by atoms with van der Waals surface area (Å²) < 4.78 is 31.0. The Morgan fingerprint density at radius 2 is 1.96 bits per heavy atom. The first-order chi connectivity index (χ1) is 11.4. The molecule has 8 heteroatoms. The lowest BCUT2D eigenvalue weighted by atomic mass is 10.1. The standard InChI is InChI=1S/C16H20ClN3O3S/c1-24(21,22)19-14-6-8-20(9-7-14)11-16-18-10-15(23-16)12-2-4-13(17)5-3-12/h2-5,10,14,19H,6-9,11H2,1H3. The van der Waals surface area contributed by atoms with E-state index in [1.54, 1.807) is 6.20 Å². The van der Waals surface area contributed by atoms with E-state index in [-0.39, 0.29) is 6.04 Å². The molecule has 1 N–H and O–H groups in total. The third-order valence-electron chi connectivity index (χ3n) is 4.01. The molecule has 0 atom stereocenters. The van der Waals surface area contributed by atoms with Crippen molar-refractivity contribution in [2.24, 2.45) is 0 Å². The highest BCUT2D eigenvalue weighted by Gasteiger charge is 2.22. The molecule has 130 valence electrons. The van der Waals surface area contributed by atoms with Crippen molar-refractivity contribution in [2.75, 3.05) is 19.3 Å². The molecule has 6 nitrogen and oxygen atoms in total. The van der Waals surface area contributed by atoms with E-state index in [0.717, 1.165) is 37.3 Å². The van der Waals surface area contributed by atoms with Gasteiger partial charge < -0.3 is 4.42 Å². The van der Waals surface area contributed by atoms with Gasteiger partial charge in [-0.25, -0.2) is 18.1 Å². The van der Waals surface area contributed by atoms with Crippen molar-refractivity contribution in [3.05, 3.63) is 41.4 Å². The molecule has 0 amide bonds. The molecule has 0 radical (unpaired) electrons. The van der Waals surface area contributed by atoms with Crippen molar-refractivity contribution in [1.29, 1.82) is 0 Å². The Bertz CT molecular complexity index is 781. The van der Waals surface area contributed by atoms with Crippen LogP contribution in [0.2, 0.25) is 5.02 Å². The summed E-state index contributed by atoms with van der Waals surface area (Å²) in [4.78, 5) is 6.55. The molecule has 1 aromatic carbocycles. The number of nitrogens with zero attached hydrogens (tertiary/aromatic N) is 2. The van der Waals surface area contributed by atoms with Gasteiger partial charge in [-0.15, -0.1) is 0 Å². The highest BCUT2D eigenvalue weighted by Crippen LogP contribution is 2.23. The van der Waals surface area contributed by atoms with Gasteiger partial charge in [-0.1, -0.05) is 11.6 Å². The lowest BCUT2D eigenvalue weighted by Gasteiger charge is -2.30. The summed E-state index contributed by atoms with van der Waals surface area (Å²) in [6, 6.07) is 7.45. The molecule has 0 spiro atoms. The number of piperidine rings is 1. The summed E-state index contributed by atoms with van der Waals surface area (Å²) in [5, 5.41) is 0.684. The number of nitrogens with one attached hydrogen (secondary N) is 1. The lowest BCUT2D eigenvalue weighted by molar-refractivity contribution is 0.184. The van der Waals surface area contributed by atoms with Crippen LogP contribution in [0, 0.1) is 0 Å². The average Bonchev–Trinajstić information content (AvgIpc) is 2.97. The molecule has 1 saturated heterocycles. The molecule has 24 heavy (non-hydrogen) atoms. The van der Waals surface area contributed by atoms with Crippen molar-refractivity contribution < 1.29 is 12.8 Å². The fourth-order valence-electron chi connectivity index (χ4n) is 2.83. The third kappa shape index (κ3) is 4.80. The molecule has 1 aliphatic rings. The van der Waals surface area contributed by atoms with E-state index in [1.807, 2.05) is 24.3 Å². The Labute approximate surface area is 146 Å². The van der Waals surface area contributed by atoms with Gasteiger partial charge in [-0.2, -0.15) is 0 Å². The molecule has 0 saturated carbocycles. The number of aromatic nitrogens is 1. The zero-order valence-corrected chi connectivity index (χ0v) is 15.0. The van der Waals surface area contributed by atoms with Crippen LogP contribution in [-0.4, -0.2) is 43.7 Å². The van der Waals surface area contributed by atoms with Crippen LogP contribution in [0.3, 0.4) is 0 Å². The van der Waals surface area contributed by atoms with Gasteiger partial charge >= 0.3 is 0 Å². The van der Waals surface area contributed by atoms with Gasteiger partial charge in [-0.05, 0) is 37.1 Å². The summed E-state index contributed by atoms with van der Waals surface area (Å²) in [5.41, 5.74) is 0.939. The fourth-order valence-corrected chi connectivity index (χ4v) is 3.80. The third-order valence-corrected chi connectivity index (χ3v) is 5.02.